The second-order valence-electron chi connectivity index (χ2n) is 5.16. The minimum absolute atomic E-state index is 0.232. The van der Waals surface area contributed by atoms with Crippen molar-refractivity contribution >= 4 is 28.5 Å². The van der Waals surface area contributed by atoms with Crippen LogP contribution in [0, 0.1) is 5.82 Å². The second-order valence-corrected chi connectivity index (χ2v) is 6.30. The van der Waals surface area contributed by atoms with E-state index in [9.17, 15) is 4.39 Å². The third kappa shape index (κ3) is 2.73. The molecule has 3 nitrogen and oxygen atoms in total. The van der Waals surface area contributed by atoms with Gasteiger partial charge in [0.2, 0.25) is 0 Å². The van der Waals surface area contributed by atoms with Gasteiger partial charge in [0.05, 0.1) is 5.52 Å². The molecule has 0 amide bonds. The van der Waals surface area contributed by atoms with Gasteiger partial charge in [-0.1, -0.05) is 6.42 Å². The number of anilines is 1. The van der Waals surface area contributed by atoms with Gasteiger partial charge < -0.3 is 4.90 Å². The van der Waals surface area contributed by atoms with E-state index in [-0.39, 0.29) is 5.82 Å². The lowest BCUT2D eigenvalue weighted by Gasteiger charge is -2.25. The summed E-state index contributed by atoms with van der Waals surface area (Å²) in [5, 5.41) is 1.44. The highest BCUT2D eigenvalue weighted by atomic mass is 32.2. The van der Waals surface area contributed by atoms with Gasteiger partial charge in [0, 0.05) is 23.7 Å². The predicted molar refractivity (Wildman–Crippen MR) is 82.9 cm³/mol. The fraction of sp³-hybridized carbons (Fsp3) is 0.467. The molecule has 3 rings (SSSR count). The van der Waals surface area contributed by atoms with Crippen LogP contribution >= 0.6 is 11.8 Å². The number of halogens is 1. The van der Waals surface area contributed by atoms with Crippen LogP contribution in [-0.4, -0.2) is 34.6 Å². The fourth-order valence-corrected chi connectivity index (χ4v) is 3.49. The molecule has 1 unspecified atom stereocenters. The van der Waals surface area contributed by atoms with Crippen LogP contribution in [0.5, 0.6) is 0 Å². The maximum Gasteiger partial charge on any atom is 0.140 e. The van der Waals surface area contributed by atoms with Crippen molar-refractivity contribution in [2.45, 2.75) is 24.5 Å². The monoisotopic (exact) mass is 291 g/mol. The van der Waals surface area contributed by atoms with Crippen molar-refractivity contribution in [3.05, 3.63) is 30.3 Å². The highest BCUT2D eigenvalue weighted by Crippen LogP contribution is 2.28. The molecule has 1 atom stereocenters. The zero-order valence-electron chi connectivity index (χ0n) is 11.6. The number of rotatable bonds is 2. The smallest absolute Gasteiger partial charge is 0.140 e. The lowest BCUT2D eigenvalue weighted by molar-refractivity contribution is 0.629. The summed E-state index contributed by atoms with van der Waals surface area (Å²) in [6.07, 6.45) is 7.40. The van der Waals surface area contributed by atoms with Crippen molar-refractivity contribution in [2.75, 3.05) is 24.2 Å². The molecule has 1 aromatic carbocycles. The molecule has 0 spiro atoms. The van der Waals surface area contributed by atoms with E-state index in [0.29, 0.717) is 5.25 Å². The number of hydrogen-bond donors (Lipinski definition) is 0. The van der Waals surface area contributed by atoms with E-state index in [0.717, 1.165) is 36.2 Å². The van der Waals surface area contributed by atoms with Crippen molar-refractivity contribution < 1.29 is 4.39 Å². The molecule has 1 fully saturated rings. The molecule has 0 saturated carbocycles. The first-order valence-corrected chi connectivity index (χ1v) is 8.25. The number of hydrogen-bond acceptors (Lipinski definition) is 4. The Morgan fingerprint density at radius 3 is 3.05 bits per heavy atom. The Labute approximate surface area is 122 Å². The van der Waals surface area contributed by atoms with Crippen molar-refractivity contribution in [2.24, 2.45) is 0 Å². The summed E-state index contributed by atoms with van der Waals surface area (Å²) in [6, 6.07) is 4.72. The first kappa shape index (κ1) is 13.6. The minimum atomic E-state index is -0.232. The Kier molecular flexibility index (Phi) is 4.05. The van der Waals surface area contributed by atoms with Gasteiger partial charge in [-0.15, -0.1) is 0 Å². The van der Waals surface area contributed by atoms with Crippen LogP contribution in [0.15, 0.2) is 24.5 Å². The second kappa shape index (κ2) is 5.95. The third-order valence-corrected chi connectivity index (χ3v) is 4.89. The molecular formula is C15H18FN3S. The van der Waals surface area contributed by atoms with Gasteiger partial charge in [-0.2, -0.15) is 11.8 Å². The molecule has 106 valence electrons. The molecule has 1 aliphatic heterocycles. The van der Waals surface area contributed by atoms with E-state index in [1.807, 2.05) is 11.8 Å². The Bertz CT molecular complexity index is 605. The van der Waals surface area contributed by atoms with Gasteiger partial charge in [-0.3, -0.25) is 0 Å². The number of benzene rings is 1. The van der Waals surface area contributed by atoms with Crippen LogP contribution in [0.1, 0.15) is 19.3 Å². The van der Waals surface area contributed by atoms with E-state index in [1.165, 1.54) is 18.9 Å². The first-order chi connectivity index (χ1) is 9.78. The van der Waals surface area contributed by atoms with Crippen LogP contribution in [-0.2, 0) is 0 Å². The summed E-state index contributed by atoms with van der Waals surface area (Å²) in [4.78, 5) is 10.9. The SMILES string of the molecule is CSC1CCCCN(c2ncnc3ccc(F)cc23)C1. The topological polar surface area (TPSA) is 29.0 Å². The summed E-state index contributed by atoms with van der Waals surface area (Å²) in [5.41, 5.74) is 0.807. The zero-order chi connectivity index (χ0) is 13.9. The maximum atomic E-state index is 13.5. The van der Waals surface area contributed by atoms with Crippen molar-refractivity contribution in [1.29, 1.82) is 0 Å². The summed E-state index contributed by atoms with van der Waals surface area (Å²) < 4.78 is 13.5. The standard InChI is InChI=1S/C15H18FN3S/c1-20-12-4-2-3-7-19(9-12)15-13-8-11(16)5-6-14(13)17-10-18-15/h5-6,8,10,12H,2-4,7,9H2,1H3. The van der Waals surface area contributed by atoms with Crippen molar-refractivity contribution in [1.82, 2.24) is 9.97 Å². The van der Waals surface area contributed by atoms with Gasteiger partial charge in [-0.25, -0.2) is 14.4 Å². The van der Waals surface area contributed by atoms with Crippen molar-refractivity contribution in [3.63, 3.8) is 0 Å². The molecular weight excluding hydrogens is 273 g/mol. The van der Waals surface area contributed by atoms with E-state index >= 15 is 0 Å². The Hall–Kier alpha value is -1.36. The van der Waals surface area contributed by atoms with E-state index in [4.69, 9.17) is 0 Å². The average molecular weight is 291 g/mol. The maximum absolute atomic E-state index is 13.5. The lowest BCUT2D eigenvalue weighted by atomic mass is 10.2. The largest absolute Gasteiger partial charge is 0.355 e. The molecule has 5 heteroatoms. The molecule has 20 heavy (non-hydrogen) atoms. The van der Waals surface area contributed by atoms with Crippen LogP contribution < -0.4 is 4.90 Å². The van der Waals surface area contributed by atoms with Crippen LogP contribution in [0.4, 0.5) is 10.2 Å². The van der Waals surface area contributed by atoms with Gasteiger partial charge in [0.25, 0.3) is 0 Å². The molecule has 2 aromatic rings. The molecule has 1 saturated heterocycles. The highest BCUT2D eigenvalue weighted by molar-refractivity contribution is 7.99. The summed E-state index contributed by atoms with van der Waals surface area (Å²) in [7, 11) is 0. The quantitative estimate of drug-likeness (QED) is 0.847. The third-order valence-electron chi connectivity index (χ3n) is 3.84. The normalized spacial score (nSPS) is 20.1. The van der Waals surface area contributed by atoms with Gasteiger partial charge in [0.1, 0.15) is 18.0 Å². The number of thioether (sulfide) groups is 1. The number of nitrogens with zero attached hydrogens (tertiary/aromatic N) is 3. The molecule has 0 aliphatic carbocycles. The number of aromatic nitrogens is 2. The highest BCUT2D eigenvalue weighted by Gasteiger charge is 2.20. The molecule has 0 radical (unpaired) electrons. The van der Waals surface area contributed by atoms with Crippen LogP contribution in [0.25, 0.3) is 10.9 Å². The molecule has 0 N–H and O–H groups in total. The van der Waals surface area contributed by atoms with E-state index in [2.05, 4.69) is 21.1 Å². The fourth-order valence-electron chi connectivity index (χ4n) is 2.76. The summed E-state index contributed by atoms with van der Waals surface area (Å²) in [5.74, 6) is 0.639. The van der Waals surface area contributed by atoms with E-state index < -0.39 is 0 Å². The Morgan fingerprint density at radius 2 is 2.20 bits per heavy atom. The minimum Gasteiger partial charge on any atom is -0.355 e. The van der Waals surface area contributed by atoms with Gasteiger partial charge in [0.15, 0.2) is 0 Å². The van der Waals surface area contributed by atoms with E-state index in [1.54, 1.807) is 18.5 Å². The first-order valence-electron chi connectivity index (χ1n) is 6.96. The van der Waals surface area contributed by atoms with Gasteiger partial charge in [-0.05, 0) is 37.3 Å². The average Bonchev–Trinajstić information content (AvgIpc) is 2.72. The summed E-state index contributed by atoms with van der Waals surface area (Å²) >= 11 is 1.91. The van der Waals surface area contributed by atoms with Gasteiger partial charge >= 0.3 is 0 Å². The molecule has 1 aromatic heterocycles. The predicted octanol–water partition coefficient (Wildman–Crippen LogP) is 3.49. The molecule has 0 bridgehead atoms. The van der Waals surface area contributed by atoms with Crippen molar-refractivity contribution in [3.8, 4) is 0 Å². The lowest BCUT2D eigenvalue weighted by Crippen LogP contribution is -2.30. The Balaban J connectivity index is 2.01. The molecule has 1 aliphatic rings. The van der Waals surface area contributed by atoms with Crippen LogP contribution in [0.2, 0.25) is 0 Å². The molecule has 2 heterocycles. The number of fused-ring (bicyclic) bond motifs is 1. The zero-order valence-corrected chi connectivity index (χ0v) is 12.4. The summed E-state index contributed by atoms with van der Waals surface area (Å²) in [6.45, 7) is 1.96. The van der Waals surface area contributed by atoms with Crippen LogP contribution in [0.3, 0.4) is 0 Å². The Morgan fingerprint density at radius 1 is 1.30 bits per heavy atom.